The van der Waals surface area contributed by atoms with Crippen LogP contribution in [0.4, 0.5) is 28.4 Å². The minimum atomic E-state index is -1.69. The molecule has 1 fully saturated rings. The van der Waals surface area contributed by atoms with Gasteiger partial charge >= 0.3 is 0 Å². The molecule has 134 valence electrons. The van der Waals surface area contributed by atoms with Gasteiger partial charge in [-0.15, -0.1) is 10.2 Å². The lowest BCUT2D eigenvalue weighted by Crippen LogP contribution is -2.49. The van der Waals surface area contributed by atoms with E-state index in [4.69, 9.17) is 0 Å². The summed E-state index contributed by atoms with van der Waals surface area (Å²) in [4.78, 5) is 17.3. The Balaban J connectivity index is 1.60. The lowest BCUT2D eigenvalue weighted by Gasteiger charge is -2.35. The number of aromatic nitrogens is 3. The molecule has 3 rings (SSSR count). The van der Waals surface area contributed by atoms with Crippen molar-refractivity contribution >= 4 is 28.1 Å². The summed E-state index contributed by atoms with van der Waals surface area (Å²) in [5.41, 5.74) is 0.702. The number of piperazine rings is 1. The number of hydrogen-bond donors (Lipinski definition) is 1. The van der Waals surface area contributed by atoms with Crippen molar-refractivity contribution in [3.05, 3.63) is 29.0 Å². The molecular formula is C13H12F4N6OS. The molecule has 2 aromatic heterocycles. The summed E-state index contributed by atoms with van der Waals surface area (Å²) in [6.07, 6.45) is 0. The van der Waals surface area contributed by atoms with Gasteiger partial charge in [0.2, 0.25) is 22.7 Å². The van der Waals surface area contributed by atoms with E-state index >= 15 is 0 Å². The third kappa shape index (κ3) is 3.85. The highest BCUT2D eigenvalue weighted by Crippen LogP contribution is 2.27. The van der Waals surface area contributed by atoms with Gasteiger partial charge in [0, 0.05) is 26.2 Å². The molecule has 25 heavy (non-hydrogen) atoms. The van der Waals surface area contributed by atoms with Gasteiger partial charge in [0.1, 0.15) is 11.2 Å². The van der Waals surface area contributed by atoms with E-state index in [1.807, 2.05) is 0 Å². The molecule has 2 aromatic rings. The third-order valence-electron chi connectivity index (χ3n) is 3.64. The van der Waals surface area contributed by atoms with Crippen molar-refractivity contribution in [2.24, 2.45) is 0 Å². The molecule has 0 unspecified atom stereocenters. The van der Waals surface area contributed by atoms with Crippen LogP contribution in [0.5, 0.6) is 0 Å². The van der Waals surface area contributed by atoms with Crippen LogP contribution in [0.2, 0.25) is 0 Å². The molecule has 0 radical (unpaired) electrons. The van der Waals surface area contributed by atoms with E-state index in [1.165, 1.54) is 21.7 Å². The standard InChI is InChI=1S/C13H12F4N6OS/c14-8-10(9(15)12(17)20-11(8)16)23-3-1-22(2-4-23)5-7(24)19-13-21-18-6-25-13/h6H,1-5H2,(H,19,21,24). The molecule has 1 saturated heterocycles. The Morgan fingerprint density at radius 2 is 1.76 bits per heavy atom. The van der Waals surface area contributed by atoms with E-state index in [-0.39, 0.29) is 38.6 Å². The number of carbonyl (C=O) groups excluding carboxylic acids is 1. The van der Waals surface area contributed by atoms with Gasteiger partial charge in [-0.3, -0.25) is 15.0 Å². The minimum Gasteiger partial charge on any atom is -0.364 e. The molecule has 0 bridgehead atoms. The van der Waals surface area contributed by atoms with Crippen molar-refractivity contribution in [3.8, 4) is 0 Å². The summed E-state index contributed by atoms with van der Waals surface area (Å²) in [5, 5.41) is 10.2. The van der Waals surface area contributed by atoms with Gasteiger partial charge in [-0.1, -0.05) is 11.3 Å². The van der Waals surface area contributed by atoms with E-state index in [0.29, 0.717) is 5.13 Å². The summed E-state index contributed by atoms with van der Waals surface area (Å²) < 4.78 is 54.0. The number of rotatable bonds is 4. The molecule has 1 N–H and O–H groups in total. The maximum Gasteiger partial charge on any atom is 0.253 e. The van der Waals surface area contributed by atoms with Gasteiger partial charge in [-0.2, -0.15) is 22.5 Å². The number of carbonyl (C=O) groups is 1. The zero-order valence-corrected chi connectivity index (χ0v) is 13.5. The molecule has 0 spiro atoms. The largest absolute Gasteiger partial charge is 0.364 e. The van der Waals surface area contributed by atoms with Crippen LogP contribution in [-0.2, 0) is 4.79 Å². The van der Waals surface area contributed by atoms with E-state index < -0.39 is 29.2 Å². The maximum atomic E-state index is 13.8. The molecule has 0 saturated carbocycles. The Hall–Kier alpha value is -2.34. The first kappa shape index (κ1) is 17.5. The molecule has 0 atom stereocenters. The minimum absolute atomic E-state index is 0.0530. The van der Waals surface area contributed by atoms with Crippen LogP contribution < -0.4 is 10.2 Å². The monoisotopic (exact) mass is 376 g/mol. The summed E-state index contributed by atoms with van der Waals surface area (Å²) in [7, 11) is 0. The fourth-order valence-electron chi connectivity index (χ4n) is 2.47. The second kappa shape index (κ2) is 7.27. The van der Waals surface area contributed by atoms with Gasteiger partial charge in [-0.05, 0) is 0 Å². The molecule has 1 aliphatic rings. The molecule has 1 amide bonds. The van der Waals surface area contributed by atoms with E-state index in [9.17, 15) is 22.4 Å². The predicted octanol–water partition coefficient (Wildman–Crippen LogP) is 1.25. The predicted molar refractivity (Wildman–Crippen MR) is 81.3 cm³/mol. The zero-order chi connectivity index (χ0) is 18.0. The fraction of sp³-hybridized carbons (Fsp3) is 0.385. The highest BCUT2D eigenvalue weighted by molar-refractivity contribution is 7.13. The van der Waals surface area contributed by atoms with Gasteiger partial charge in [0.25, 0.3) is 11.9 Å². The number of nitrogens with one attached hydrogen (secondary N) is 1. The van der Waals surface area contributed by atoms with Gasteiger partial charge in [0.15, 0.2) is 0 Å². The van der Waals surface area contributed by atoms with Crippen molar-refractivity contribution in [2.45, 2.75) is 0 Å². The summed E-state index contributed by atoms with van der Waals surface area (Å²) in [6.45, 7) is 0.824. The average molecular weight is 376 g/mol. The van der Waals surface area contributed by atoms with Crippen LogP contribution in [0.3, 0.4) is 0 Å². The van der Waals surface area contributed by atoms with E-state index in [2.05, 4.69) is 20.5 Å². The van der Waals surface area contributed by atoms with Crippen molar-refractivity contribution in [1.29, 1.82) is 0 Å². The maximum absolute atomic E-state index is 13.8. The van der Waals surface area contributed by atoms with Crippen molar-refractivity contribution < 1.29 is 22.4 Å². The Kier molecular flexibility index (Phi) is 5.08. The second-order valence-electron chi connectivity index (χ2n) is 5.23. The van der Waals surface area contributed by atoms with Gasteiger partial charge in [-0.25, -0.2) is 0 Å². The molecule has 1 aliphatic heterocycles. The topological polar surface area (TPSA) is 74.2 Å². The number of pyridine rings is 1. The van der Waals surface area contributed by atoms with Crippen LogP contribution in [0.15, 0.2) is 5.51 Å². The Bertz CT molecular complexity index is 740. The summed E-state index contributed by atoms with van der Waals surface area (Å²) in [6, 6.07) is 0. The number of anilines is 2. The lowest BCUT2D eigenvalue weighted by molar-refractivity contribution is -0.117. The Labute approximate surface area is 143 Å². The highest BCUT2D eigenvalue weighted by Gasteiger charge is 2.28. The molecule has 12 heteroatoms. The quantitative estimate of drug-likeness (QED) is 0.640. The van der Waals surface area contributed by atoms with Crippen LogP contribution in [0, 0.1) is 23.5 Å². The third-order valence-corrected chi connectivity index (χ3v) is 4.24. The Morgan fingerprint density at radius 1 is 1.12 bits per heavy atom. The first-order valence-electron chi connectivity index (χ1n) is 7.19. The second-order valence-corrected chi connectivity index (χ2v) is 6.06. The van der Waals surface area contributed by atoms with Crippen molar-refractivity contribution in [2.75, 3.05) is 42.9 Å². The number of amides is 1. The van der Waals surface area contributed by atoms with Crippen LogP contribution in [0.1, 0.15) is 0 Å². The molecule has 3 heterocycles. The van der Waals surface area contributed by atoms with E-state index in [1.54, 1.807) is 4.90 Å². The normalized spacial score (nSPS) is 15.4. The van der Waals surface area contributed by atoms with Gasteiger partial charge < -0.3 is 4.90 Å². The zero-order valence-electron chi connectivity index (χ0n) is 12.7. The summed E-state index contributed by atoms with van der Waals surface area (Å²) >= 11 is 1.18. The first-order chi connectivity index (χ1) is 12.0. The van der Waals surface area contributed by atoms with Crippen molar-refractivity contribution in [3.63, 3.8) is 0 Å². The molecule has 0 aromatic carbocycles. The molecule has 0 aliphatic carbocycles. The van der Waals surface area contributed by atoms with Gasteiger partial charge in [0.05, 0.1) is 6.54 Å². The van der Waals surface area contributed by atoms with Crippen LogP contribution in [0.25, 0.3) is 0 Å². The van der Waals surface area contributed by atoms with Crippen LogP contribution >= 0.6 is 11.3 Å². The fourth-order valence-corrected chi connectivity index (χ4v) is 2.93. The molecular weight excluding hydrogens is 364 g/mol. The number of hydrogen-bond acceptors (Lipinski definition) is 7. The number of halogens is 4. The average Bonchev–Trinajstić information content (AvgIpc) is 3.07. The van der Waals surface area contributed by atoms with E-state index in [0.717, 1.165) is 0 Å². The smallest absolute Gasteiger partial charge is 0.253 e. The Morgan fingerprint density at radius 3 is 2.32 bits per heavy atom. The highest BCUT2D eigenvalue weighted by atomic mass is 32.1. The summed E-state index contributed by atoms with van der Waals surface area (Å²) in [5.74, 6) is -6.73. The number of nitrogens with zero attached hydrogens (tertiary/aromatic N) is 5. The lowest BCUT2D eigenvalue weighted by atomic mass is 10.2. The SMILES string of the molecule is O=C(CN1CCN(c2c(F)c(F)nc(F)c2F)CC1)Nc1nncs1. The van der Waals surface area contributed by atoms with Crippen molar-refractivity contribution in [1.82, 2.24) is 20.1 Å². The molecule has 7 nitrogen and oxygen atoms in total. The van der Waals surface area contributed by atoms with Crippen LogP contribution in [-0.4, -0.2) is 58.7 Å². The first-order valence-corrected chi connectivity index (χ1v) is 8.07.